The van der Waals surface area contributed by atoms with E-state index in [4.69, 9.17) is 5.11 Å². The van der Waals surface area contributed by atoms with Crippen molar-refractivity contribution >= 4 is 9.84 Å². The van der Waals surface area contributed by atoms with Crippen LogP contribution in [0.4, 0.5) is 0 Å². The van der Waals surface area contributed by atoms with Crippen molar-refractivity contribution in [2.75, 3.05) is 7.11 Å². The zero-order valence-corrected chi connectivity index (χ0v) is 8.78. The minimum atomic E-state index is -3.77. The molecule has 1 unspecified atom stereocenters. The minimum absolute atomic E-state index is 0.0532. The summed E-state index contributed by atoms with van der Waals surface area (Å²) in [5.41, 5.74) is -0.846. The Kier molecular flexibility index (Phi) is 3.25. The topological polar surface area (TPSA) is 63.6 Å². The lowest BCUT2D eigenvalue weighted by molar-refractivity contribution is -0.00912. The van der Waals surface area contributed by atoms with Crippen molar-refractivity contribution in [1.82, 2.24) is 0 Å². The molecule has 0 radical (unpaired) electrons. The van der Waals surface area contributed by atoms with Crippen LogP contribution in [0.2, 0.25) is 0 Å². The average Bonchev–Trinajstić information content (AvgIpc) is 2.17. The second-order valence-electron chi connectivity index (χ2n) is 2.90. The first kappa shape index (κ1) is 11.2. The van der Waals surface area contributed by atoms with Gasteiger partial charge in [0.2, 0.25) is 9.84 Å². The Morgan fingerprint density at radius 2 is 1.79 bits per heavy atom. The third-order valence-corrected chi connectivity index (χ3v) is 3.47. The SMILES string of the molecule is COC(O)S(=O)(=O)c1ccc(C)cc1. The summed E-state index contributed by atoms with van der Waals surface area (Å²) >= 11 is 0. The van der Waals surface area contributed by atoms with Gasteiger partial charge in [-0.15, -0.1) is 0 Å². The van der Waals surface area contributed by atoms with Crippen LogP contribution >= 0.6 is 0 Å². The molecule has 4 nitrogen and oxygen atoms in total. The first-order valence-electron chi connectivity index (χ1n) is 4.00. The second kappa shape index (κ2) is 4.08. The molecule has 5 heteroatoms. The standard InChI is InChI=1S/C9H12O4S/c1-7-3-5-8(6-4-7)14(11,12)9(10)13-2/h3-6,9-10H,1-2H3. The number of aliphatic hydroxyl groups is 1. The number of rotatable bonds is 3. The molecule has 0 bridgehead atoms. The summed E-state index contributed by atoms with van der Waals surface area (Å²) < 4.78 is 27.4. The zero-order chi connectivity index (χ0) is 10.8. The van der Waals surface area contributed by atoms with Gasteiger partial charge in [0.05, 0.1) is 4.90 Å². The van der Waals surface area contributed by atoms with Crippen LogP contribution in [0.3, 0.4) is 0 Å². The Labute approximate surface area is 83.1 Å². The molecule has 0 heterocycles. The molecule has 0 aliphatic heterocycles. The highest BCUT2D eigenvalue weighted by Crippen LogP contribution is 2.15. The van der Waals surface area contributed by atoms with Crippen LogP contribution in [0, 0.1) is 6.92 Å². The van der Waals surface area contributed by atoms with E-state index in [0.717, 1.165) is 12.7 Å². The fourth-order valence-corrected chi connectivity index (χ4v) is 1.97. The highest BCUT2D eigenvalue weighted by Gasteiger charge is 2.24. The van der Waals surface area contributed by atoms with E-state index >= 15 is 0 Å². The molecular weight excluding hydrogens is 204 g/mol. The maximum atomic E-state index is 11.5. The van der Waals surface area contributed by atoms with E-state index in [1.165, 1.54) is 12.1 Å². The van der Waals surface area contributed by atoms with E-state index in [0.29, 0.717) is 0 Å². The summed E-state index contributed by atoms with van der Waals surface area (Å²) in [6, 6.07) is 6.20. The minimum Gasteiger partial charge on any atom is -0.356 e. The average molecular weight is 216 g/mol. The van der Waals surface area contributed by atoms with Gasteiger partial charge in [0.15, 0.2) is 0 Å². The molecule has 1 N–H and O–H groups in total. The van der Waals surface area contributed by atoms with E-state index in [2.05, 4.69) is 4.74 Å². The molecule has 0 aromatic heterocycles. The number of sulfone groups is 1. The van der Waals surface area contributed by atoms with Gasteiger partial charge in [-0.05, 0) is 19.1 Å². The molecule has 1 aromatic rings. The van der Waals surface area contributed by atoms with Crippen molar-refractivity contribution < 1.29 is 18.3 Å². The van der Waals surface area contributed by atoms with E-state index < -0.39 is 15.5 Å². The number of ether oxygens (including phenoxy) is 1. The molecule has 0 spiro atoms. The molecule has 1 atom stereocenters. The molecule has 1 aromatic carbocycles. The predicted molar refractivity (Wildman–Crippen MR) is 51.4 cm³/mol. The van der Waals surface area contributed by atoms with Gasteiger partial charge in [-0.2, -0.15) is 0 Å². The summed E-state index contributed by atoms with van der Waals surface area (Å²) in [7, 11) is -2.64. The monoisotopic (exact) mass is 216 g/mol. The van der Waals surface area contributed by atoms with Crippen molar-refractivity contribution in [2.24, 2.45) is 0 Å². The maximum Gasteiger partial charge on any atom is 0.265 e. The van der Waals surface area contributed by atoms with Gasteiger partial charge < -0.3 is 9.84 Å². The highest BCUT2D eigenvalue weighted by molar-refractivity contribution is 7.91. The first-order chi connectivity index (χ1) is 6.48. The maximum absolute atomic E-state index is 11.5. The number of hydrogen-bond donors (Lipinski definition) is 1. The Bertz CT molecular complexity index is 393. The van der Waals surface area contributed by atoms with E-state index in [1.807, 2.05) is 6.92 Å². The molecule has 0 fully saturated rings. The van der Waals surface area contributed by atoms with Crippen LogP contribution < -0.4 is 0 Å². The summed E-state index contributed by atoms with van der Waals surface area (Å²) in [6.07, 6.45) is 0. The van der Waals surface area contributed by atoms with E-state index in [1.54, 1.807) is 12.1 Å². The number of hydrogen-bond acceptors (Lipinski definition) is 4. The Morgan fingerprint density at radius 3 is 2.21 bits per heavy atom. The van der Waals surface area contributed by atoms with Gasteiger partial charge in [-0.3, -0.25) is 0 Å². The molecule has 0 aliphatic rings. The zero-order valence-electron chi connectivity index (χ0n) is 7.97. The molecule has 0 saturated heterocycles. The van der Waals surface area contributed by atoms with Gasteiger partial charge in [0.25, 0.3) is 5.62 Å². The molecule has 1 rings (SSSR count). The molecular formula is C9H12O4S. The Hall–Kier alpha value is -0.910. The van der Waals surface area contributed by atoms with Crippen molar-refractivity contribution in [3.8, 4) is 0 Å². The second-order valence-corrected chi connectivity index (χ2v) is 4.87. The fraction of sp³-hybridized carbons (Fsp3) is 0.333. The molecule has 0 amide bonds. The van der Waals surface area contributed by atoms with Gasteiger partial charge in [-0.25, -0.2) is 8.42 Å². The highest BCUT2D eigenvalue weighted by atomic mass is 32.2. The van der Waals surface area contributed by atoms with Crippen LogP contribution in [0.25, 0.3) is 0 Å². The molecule has 0 aliphatic carbocycles. The lowest BCUT2D eigenvalue weighted by Gasteiger charge is -2.09. The van der Waals surface area contributed by atoms with Crippen LogP contribution in [0.15, 0.2) is 29.2 Å². The van der Waals surface area contributed by atoms with Gasteiger partial charge in [0.1, 0.15) is 0 Å². The van der Waals surface area contributed by atoms with Crippen molar-refractivity contribution in [2.45, 2.75) is 17.4 Å². The molecule has 0 saturated carbocycles. The van der Waals surface area contributed by atoms with Crippen LogP contribution in [0.5, 0.6) is 0 Å². The third-order valence-electron chi connectivity index (χ3n) is 1.82. The van der Waals surface area contributed by atoms with Crippen molar-refractivity contribution in [3.05, 3.63) is 29.8 Å². The predicted octanol–water partition coefficient (Wildman–Crippen LogP) is 0.691. The van der Waals surface area contributed by atoms with Crippen LogP contribution in [-0.2, 0) is 14.6 Å². The van der Waals surface area contributed by atoms with Crippen LogP contribution in [-0.4, -0.2) is 26.3 Å². The summed E-state index contributed by atoms with van der Waals surface area (Å²) in [6.45, 7) is 1.85. The number of benzene rings is 1. The first-order valence-corrected chi connectivity index (χ1v) is 5.54. The van der Waals surface area contributed by atoms with Crippen molar-refractivity contribution in [1.29, 1.82) is 0 Å². The third kappa shape index (κ3) is 2.12. The lowest BCUT2D eigenvalue weighted by atomic mass is 10.2. The van der Waals surface area contributed by atoms with E-state index in [9.17, 15) is 8.42 Å². The molecule has 78 valence electrons. The number of aryl methyl sites for hydroxylation is 1. The number of methoxy groups -OCH3 is 1. The van der Waals surface area contributed by atoms with Crippen LogP contribution in [0.1, 0.15) is 5.56 Å². The van der Waals surface area contributed by atoms with Gasteiger partial charge >= 0.3 is 0 Å². The van der Waals surface area contributed by atoms with Crippen molar-refractivity contribution in [3.63, 3.8) is 0 Å². The Balaban J connectivity index is 3.11. The fourth-order valence-electron chi connectivity index (χ4n) is 0.971. The normalized spacial score (nSPS) is 13.9. The van der Waals surface area contributed by atoms with Gasteiger partial charge in [-0.1, -0.05) is 17.7 Å². The summed E-state index contributed by atoms with van der Waals surface area (Å²) in [5, 5.41) is 9.10. The Morgan fingerprint density at radius 1 is 1.29 bits per heavy atom. The van der Waals surface area contributed by atoms with Gasteiger partial charge in [0, 0.05) is 7.11 Å². The van der Waals surface area contributed by atoms with E-state index in [-0.39, 0.29) is 4.90 Å². The number of aliphatic hydroxyl groups excluding tert-OH is 1. The quantitative estimate of drug-likeness (QED) is 0.755. The summed E-state index contributed by atoms with van der Waals surface area (Å²) in [5.74, 6) is 0. The molecule has 14 heavy (non-hydrogen) atoms. The summed E-state index contributed by atoms with van der Waals surface area (Å²) in [4.78, 5) is 0.0532. The largest absolute Gasteiger partial charge is 0.356 e. The lowest BCUT2D eigenvalue weighted by Crippen LogP contribution is -2.22. The smallest absolute Gasteiger partial charge is 0.265 e.